The van der Waals surface area contributed by atoms with Crippen molar-refractivity contribution in [3.63, 3.8) is 0 Å². The van der Waals surface area contributed by atoms with Crippen LogP contribution in [0.3, 0.4) is 0 Å². The van der Waals surface area contributed by atoms with Gasteiger partial charge in [0.15, 0.2) is 0 Å². The zero-order chi connectivity index (χ0) is 10.8. The maximum atomic E-state index is 11.8. The first kappa shape index (κ1) is 10.3. The Morgan fingerprint density at radius 2 is 1.93 bits per heavy atom. The molecule has 0 aliphatic heterocycles. The molecule has 1 heterocycles. The van der Waals surface area contributed by atoms with E-state index in [0.717, 1.165) is 18.5 Å². The molecule has 15 heavy (non-hydrogen) atoms. The molecule has 0 saturated heterocycles. The predicted octanol–water partition coefficient (Wildman–Crippen LogP) is 2.37. The zero-order valence-corrected chi connectivity index (χ0v) is 9.07. The Hall–Kier alpha value is -1.25. The smallest absolute Gasteiger partial charge is 0.254 e. The van der Waals surface area contributed by atoms with Crippen LogP contribution in [0.4, 0.5) is 0 Å². The van der Waals surface area contributed by atoms with Crippen molar-refractivity contribution in [1.29, 1.82) is 0 Å². The van der Waals surface area contributed by atoms with E-state index in [4.69, 9.17) is 0 Å². The van der Waals surface area contributed by atoms with Crippen molar-refractivity contribution in [2.45, 2.75) is 45.1 Å². The quantitative estimate of drug-likeness (QED) is 0.768. The van der Waals surface area contributed by atoms with Crippen molar-refractivity contribution in [3.8, 4) is 5.75 Å². The van der Waals surface area contributed by atoms with Gasteiger partial charge in [0.25, 0.3) is 5.56 Å². The molecule has 0 radical (unpaired) electrons. The van der Waals surface area contributed by atoms with Crippen molar-refractivity contribution >= 4 is 0 Å². The van der Waals surface area contributed by atoms with Crippen LogP contribution in [0.25, 0.3) is 0 Å². The van der Waals surface area contributed by atoms with Crippen LogP contribution < -0.4 is 5.56 Å². The lowest BCUT2D eigenvalue weighted by molar-refractivity contribution is 0.339. The van der Waals surface area contributed by atoms with E-state index in [9.17, 15) is 9.90 Å². The van der Waals surface area contributed by atoms with E-state index in [1.165, 1.54) is 25.3 Å². The summed E-state index contributed by atoms with van der Waals surface area (Å²) in [6.07, 6.45) is 5.87. The van der Waals surface area contributed by atoms with Crippen molar-refractivity contribution in [2.75, 3.05) is 0 Å². The van der Waals surface area contributed by atoms with Gasteiger partial charge in [0, 0.05) is 17.8 Å². The molecule has 1 aromatic heterocycles. The van der Waals surface area contributed by atoms with Crippen molar-refractivity contribution < 1.29 is 5.11 Å². The van der Waals surface area contributed by atoms with Gasteiger partial charge < -0.3 is 9.67 Å². The predicted molar refractivity (Wildman–Crippen MR) is 59.2 cm³/mol. The lowest BCUT2D eigenvalue weighted by Crippen LogP contribution is -2.27. The highest BCUT2D eigenvalue weighted by Gasteiger charge is 2.17. The number of hydrogen-bond donors (Lipinski definition) is 1. The summed E-state index contributed by atoms with van der Waals surface area (Å²) < 4.78 is 1.83. The molecule has 1 aliphatic carbocycles. The Bertz CT molecular complexity index is 403. The molecule has 2 rings (SSSR count). The first-order chi connectivity index (χ1) is 7.18. The zero-order valence-electron chi connectivity index (χ0n) is 9.07. The Labute approximate surface area is 89.4 Å². The average Bonchev–Trinajstić information content (AvgIpc) is 2.17. The number of hydrogen-bond acceptors (Lipinski definition) is 2. The number of pyridine rings is 1. The lowest BCUT2D eigenvalue weighted by Gasteiger charge is -2.25. The molecule has 1 saturated carbocycles. The first-order valence-electron chi connectivity index (χ1n) is 5.60. The van der Waals surface area contributed by atoms with Gasteiger partial charge in [-0.1, -0.05) is 19.3 Å². The molecular formula is C12H17NO2. The second-order valence-corrected chi connectivity index (χ2v) is 4.35. The van der Waals surface area contributed by atoms with E-state index < -0.39 is 0 Å². The molecule has 0 spiro atoms. The molecule has 3 heteroatoms. The summed E-state index contributed by atoms with van der Waals surface area (Å²) in [6.45, 7) is 1.88. The summed E-state index contributed by atoms with van der Waals surface area (Å²) in [5, 5.41) is 9.30. The van der Waals surface area contributed by atoms with E-state index in [1.54, 1.807) is 6.07 Å². The summed E-state index contributed by atoms with van der Waals surface area (Å²) in [7, 11) is 0. The summed E-state index contributed by atoms with van der Waals surface area (Å²) >= 11 is 0. The van der Waals surface area contributed by atoms with Gasteiger partial charge in [-0.05, 0) is 25.8 Å². The van der Waals surface area contributed by atoms with E-state index in [1.807, 2.05) is 11.5 Å². The van der Waals surface area contributed by atoms with Gasteiger partial charge in [-0.25, -0.2) is 0 Å². The normalized spacial score (nSPS) is 17.9. The van der Waals surface area contributed by atoms with Crippen LogP contribution in [-0.4, -0.2) is 9.67 Å². The standard InChI is InChI=1S/C12H17NO2/c1-9-7-11(14)8-12(15)13(9)10-5-3-2-4-6-10/h7-8,10,14H,2-6H2,1H3. The van der Waals surface area contributed by atoms with Crippen LogP contribution in [0.1, 0.15) is 43.8 Å². The Morgan fingerprint density at radius 1 is 1.27 bits per heavy atom. The van der Waals surface area contributed by atoms with Gasteiger partial charge in [0.05, 0.1) is 0 Å². The molecular weight excluding hydrogens is 190 g/mol. The van der Waals surface area contributed by atoms with E-state index >= 15 is 0 Å². The van der Waals surface area contributed by atoms with E-state index in [2.05, 4.69) is 0 Å². The number of aromatic nitrogens is 1. The highest BCUT2D eigenvalue weighted by atomic mass is 16.3. The average molecular weight is 207 g/mol. The molecule has 0 aromatic carbocycles. The fourth-order valence-electron chi connectivity index (χ4n) is 2.50. The van der Waals surface area contributed by atoms with Gasteiger partial charge in [0.2, 0.25) is 0 Å². The third-order valence-corrected chi connectivity index (χ3v) is 3.19. The van der Waals surface area contributed by atoms with Gasteiger partial charge in [0.1, 0.15) is 5.75 Å². The van der Waals surface area contributed by atoms with Crippen molar-refractivity contribution in [3.05, 3.63) is 28.2 Å². The highest BCUT2D eigenvalue weighted by Crippen LogP contribution is 2.28. The van der Waals surface area contributed by atoms with Crippen LogP contribution >= 0.6 is 0 Å². The van der Waals surface area contributed by atoms with Crippen LogP contribution in [0.5, 0.6) is 5.75 Å². The van der Waals surface area contributed by atoms with E-state index in [0.29, 0.717) is 6.04 Å². The molecule has 0 atom stereocenters. The maximum absolute atomic E-state index is 11.8. The van der Waals surface area contributed by atoms with Gasteiger partial charge in [-0.3, -0.25) is 4.79 Å². The molecule has 1 aromatic rings. The maximum Gasteiger partial charge on any atom is 0.254 e. The van der Waals surface area contributed by atoms with Crippen LogP contribution in [0, 0.1) is 6.92 Å². The highest BCUT2D eigenvalue weighted by molar-refractivity contribution is 5.21. The topological polar surface area (TPSA) is 42.2 Å². The van der Waals surface area contributed by atoms with Gasteiger partial charge in [-0.15, -0.1) is 0 Å². The minimum Gasteiger partial charge on any atom is -0.508 e. The molecule has 1 N–H and O–H groups in total. The number of rotatable bonds is 1. The molecule has 3 nitrogen and oxygen atoms in total. The Morgan fingerprint density at radius 3 is 2.53 bits per heavy atom. The van der Waals surface area contributed by atoms with Gasteiger partial charge in [-0.2, -0.15) is 0 Å². The second-order valence-electron chi connectivity index (χ2n) is 4.35. The molecule has 1 aliphatic rings. The number of nitrogens with zero attached hydrogens (tertiary/aromatic N) is 1. The largest absolute Gasteiger partial charge is 0.508 e. The van der Waals surface area contributed by atoms with Gasteiger partial charge >= 0.3 is 0 Å². The fraction of sp³-hybridized carbons (Fsp3) is 0.583. The van der Waals surface area contributed by atoms with E-state index in [-0.39, 0.29) is 11.3 Å². The Kier molecular flexibility index (Phi) is 2.80. The van der Waals surface area contributed by atoms with Crippen molar-refractivity contribution in [2.24, 2.45) is 0 Å². The van der Waals surface area contributed by atoms with Crippen LogP contribution in [0.2, 0.25) is 0 Å². The third-order valence-electron chi connectivity index (χ3n) is 3.19. The number of aromatic hydroxyl groups is 1. The molecule has 0 amide bonds. The summed E-state index contributed by atoms with van der Waals surface area (Å²) in [5.74, 6) is 0.0737. The molecule has 0 bridgehead atoms. The second kappa shape index (κ2) is 4.09. The summed E-state index contributed by atoms with van der Waals surface area (Å²) in [6, 6.07) is 3.31. The fourth-order valence-corrected chi connectivity index (χ4v) is 2.50. The minimum absolute atomic E-state index is 0.0700. The third kappa shape index (κ3) is 2.06. The minimum atomic E-state index is -0.0700. The SMILES string of the molecule is Cc1cc(O)cc(=O)n1C1CCCCC1. The summed E-state index contributed by atoms with van der Waals surface area (Å²) in [5.41, 5.74) is 0.798. The molecule has 0 unspecified atom stereocenters. The van der Waals surface area contributed by atoms with Crippen LogP contribution in [-0.2, 0) is 0 Å². The first-order valence-corrected chi connectivity index (χ1v) is 5.60. The molecule has 82 valence electrons. The monoisotopic (exact) mass is 207 g/mol. The Balaban J connectivity index is 2.38. The number of aryl methyl sites for hydroxylation is 1. The van der Waals surface area contributed by atoms with Crippen molar-refractivity contribution in [1.82, 2.24) is 4.57 Å². The van der Waals surface area contributed by atoms with Crippen LogP contribution in [0.15, 0.2) is 16.9 Å². The summed E-state index contributed by atoms with van der Waals surface area (Å²) in [4.78, 5) is 11.8. The molecule has 1 fully saturated rings. The lowest BCUT2D eigenvalue weighted by atomic mass is 9.95.